The topological polar surface area (TPSA) is 62.2 Å². The molecule has 0 radical (unpaired) electrons. The monoisotopic (exact) mass is 288 g/mol. The molecule has 0 saturated carbocycles. The lowest BCUT2D eigenvalue weighted by Gasteiger charge is -2.34. The van der Waals surface area contributed by atoms with E-state index in [1.54, 1.807) is 10.9 Å². The van der Waals surface area contributed by atoms with Crippen molar-refractivity contribution in [3.05, 3.63) is 52.0 Å². The molecule has 2 N–H and O–H groups in total. The van der Waals surface area contributed by atoms with E-state index in [4.69, 9.17) is 0 Å². The number of aryl methyl sites for hydroxylation is 1. The molecule has 0 saturated heterocycles. The molecule has 104 valence electrons. The molecule has 1 aliphatic carbocycles. The Labute approximate surface area is 121 Å². The predicted octanol–water partition coefficient (Wildman–Crippen LogP) is 2.10. The summed E-state index contributed by atoms with van der Waals surface area (Å²) in [5, 5.41) is 15.3. The summed E-state index contributed by atoms with van der Waals surface area (Å²) in [5.41, 5.74) is 3.16. The standard InChI is InChI=1S/C15H16N2O2S/c18-14(13-8-20-10-17-13)16-9-15(19)7-3-5-11-4-1-2-6-12(11)15/h1-2,4,6,8,10,19H,3,5,7,9H2,(H,16,18). The van der Waals surface area contributed by atoms with Gasteiger partial charge in [-0.15, -0.1) is 11.3 Å². The van der Waals surface area contributed by atoms with Crippen LogP contribution in [0.5, 0.6) is 0 Å². The fourth-order valence-electron chi connectivity index (χ4n) is 2.72. The number of fused-ring (bicyclic) bond motifs is 1. The third kappa shape index (κ3) is 2.46. The number of benzene rings is 1. The highest BCUT2D eigenvalue weighted by Gasteiger charge is 2.34. The van der Waals surface area contributed by atoms with Gasteiger partial charge in [0.15, 0.2) is 0 Å². The summed E-state index contributed by atoms with van der Waals surface area (Å²) in [6.45, 7) is 0.223. The second kappa shape index (κ2) is 5.34. The molecular formula is C15H16N2O2S. The van der Waals surface area contributed by atoms with Crippen LogP contribution in [0.1, 0.15) is 34.5 Å². The van der Waals surface area contributed by atoms with Gasteiger partial charge < -0.3 is 10.4 Å². The lowest BCUT2D eigenvalue weighted by atomic mass is 9.79. The van der Waals surface area contributed by atoms with Gasteiger partial charge in [0.05, 0.1) is 12.1 Å². The maximum atomic E-state index is 11.9. The molecular weight excluding hydrogens is 272 g/mol. The van der Waals surface area contributed by atoms with E-state index in [9.17, 15) is 9.90 Å². The first-order valence-electron chi connectivity index (χ1n) is 6.66. The minimum Gasteiger partial charge on any atom is -0.383 e. The van der Waals surface area contributed by atoms with Crippen molar-refractivity contribution in [1.29, 1.82) is 0 Å². The number of carbonyl (C=O) groups excluding carboxylic acids is 1. The second-order valence-corrected chi connectivity index (χ2v) is 5.82. The maximum absolute atomic E-state index is 11.9. The van der Waals surface area contributed by atoms with Crippen molar-refractivity contribution >= 4 is 17.2 Å². The van der Waals surface area contributed by atoms with E-state index in [1.165, 1.54) is 16.9 Å². The van der Waals surface area contributed by atoms with Crippen molar-refractivity contribution in [3.63, 3.8) is 0 Å². The number of hydrogen-bond donors (Lipinski definition) is 2. The lowest BCUT2D eigenvalue weighted by molar-refractivity contribution is 0.0189. The molecule has 0 aliphatic heterocycles. The Hall–Kier alpha value is -1.72. The van der Waals surface area contributed by atoms with Crippen molar-refractivity contribution in [2.24, 2.45) is 0 Å². The van der Waals surface area contributed by atoms with Gasteiger partial charge in [-0.3, -0.25) is 4.79 Å². The average molecular weight is 288 g/mol. The minimum atomic E-state index is -0.972. The minimum absolute atomic E-state index is 0.223. The first-order chi connectivity index (χ1) is 9.69. The normalized spacial score (nSPS) is 21.2. The number of thiazole rings is 1. The summed E-state index contributed by atoms with van der Waals surface area (Å²) in [4.78, 5) is 15.9. The van der Waals surface area contributed by atoms with Gasteiger partial charge in [-0.25, -0.2) is 4.98 Å². The van der Waals surface area contributed by atoms with Crippen LogP contribution in [-0.4, -0.2) is 22.5 Å². The van der Waals surface area contributed by atoms with Crippen molar-refractivity contribution in [3.8, 4) is 0 Å². The van der Waals surface area contributed by atoms with Gasteiger partial charge in [0.1, 0.15) is 11.3 Å². The number of nitrogens with one attached hydrogen (secondary N) is 1. The van der Waals surface area contributed by atoms with Crippen LogP contribution in [0.3, 0.4) is 0 Å². The van der Waals surface area contributed by atoms with E-state index in [0.717, 1.165) is 18.4 Å². The van der Waals surface area contributed by atoms with Gasteiger partial charge in [-0.05, 0) is 30.4 Å². The number of aliphatic hydroxyl groups is 1. The van der Waals surface area contributed by atoms with Gasteiger partial charge in [-0.2, -0.15) is 0 Å². The summed E-state index contributed by atoms with van der Waals surface area (Å²) in [6, 6.07) is 7.90. The summed E-state index contributed by atoms with van der Waals surface area (Å²) in [5.74, 6) is -0.234. The van der Waals surface area contributed by atoms with Crippen molar-refractivity contribution < 1.29 is 9.90 Å². The molecule has 1 unspecified atom stereocenters. The molecule has 1 amide bonds. The van der Waals surface area contributed by atoms with E-state index >= 15 is 0 Å². The Bertz CT molecular complexity index is 612. The fourth-order valence-corrected chi connectivity index (χ4v) is 3.26. The van der Waals surface area contributed by atoms with E-state index in [1.807, 2.05) is 24.3 Å². The van der Waals surface area contributed by atoms with Crippen molar-refractivity contribution in [1.82, 2.24) is 10.3 Å². The first kappa shape index (κ1) is 13.3. The van der Waals surface area contributed by atoms with Gasteiger partial charge in [0.2, 0.25) is 0 Å². The third-order valence-electron chi connectivity index (χ3n) is 3.76. The van der Waals surface area contributed by atoms with Crippen LogP contribution >= 0.6 is 11.3 Å². The average Bonchev–Trinajstić information content (AvgIpc) is 3.00. The second-order valence-electron chi connectivity index (χ2n) is 5.10. The fraction of sp³-hybridized carbons (Fsp3) is 0.333. The van der Waals surface area contributed by atoms with Crippen LogP contribution in [-0.2, 0) is 12.0 Å². The third-order valence-corrected chi connectivity index (χ3v) is 4.35. The quantitative estimate of drug-likeness (QED) is 0.909. The molecule has 1 atom stereocenters. The number of aromatic nitrogens is 1. The zero-order chi connectivity index (χ0) is 14.0. The molecule has 5 heteroatoms. The number of amides is 1. The Kier molecular flexibility index (Phi) is 3.54. The Morgan fingerprint density at radius 3 is 3.10 bits per heavy atom. The molecule has 1 aromatic carbocycles. The predicted molar refractivity (Wildman–Crippen MR) is 77.7 cm³/mol. The highest BCUT2D eigenvalue weighted by Crippen LogP contribution is 2.34. The van der Waals surface area contributed by atoms with Gasteiger partial charge in [0.25, 0.3) is 5.91 Å². The Morgan fingerprint density at radius 2 is 2.30 bits per heavy atom. The van der Waals surface area contributed by atoms with E-state index in [-0.39, 0.29) is 12.5 Å². The summed E-state index contributed by atoms with van der Waals surface area (Å²) >= 11 is 1.38. The van der Waals surface area contributed by atoms with Crippen LogP contribution in [0.4, 0.5) is 0 Å². The number of nitrogens with zero attached hydrogens (tertiary/aromatic N) is 1. The molecule has 1 aliphatic rings. The Morgan fingerprint density at radius 1 is 1.45 bits per heavy atom. The largest absolute Gasteiger partial charge is 0.383 e. The van der Waals surface area contributed by atoms with Crippen LogP contribution in [0.15, 0.2) is 35.2 Å². The van der Waals surface area contributed by atoms with Gasteiger partial charge in [-0.1, -0.05) is 24.3 Å². The number of carbonyl (C=O) groups is 1. The highest BCUT2D eigenvalue weighted by molar-refractivity contribution is 7.07. The molecule has 1 aromatic heterocycles. The molecule has 20 heavy (non-hydrogen) atoms. The van der Waals surface area contributed by atoms with Gasteiger partial charge in [0, 0.05) is 5.38 Å². The number of hydrogen-bond acceptors (Lipinski definition) is 4. The Balaban J connectivity index is 1.76. The zero-order valence-corrected chi connectivity index (χ0v) is 11.8. The smallest absolute Gasteiger partial charge is 0.270 e. The number of rotatable bonds is 3. The maximum Gasteiger partial charge on any atom is 0.270 e. The van der Waals surface area contributed by atoms with E-state index < -0.39 is 5.60 Å². The molecule has 0 bridgehead atoms. The lowest BCUT2D eigenvalue weighted by Crippen LogP contribution is -2.43. The highest BCUT2D eigenvalue weighted by atomic mass is 32.1. The van der Waals surface area contributed by atoms with Crippen LogP contribution in [0.2, 0.25) is 0 Å². The molecule has 3 rings (SSSR count). The van der Waals surface area contributed by atoms with Crippen molar-refractivity contribution in [2.75, 3.05) is 6.54 Å². The summed E-state index contributed by atoms with van der Waals surface area (Å²) in [7, 11) is 0. The van der Waals surface area contributed by atoms with Gasteiger partial charge >= 0.3 is 0 Å². The molecule has 2 aromatic rings. The zero-order valence-electron chi connectivity index (χ0n) is 11.0. The first-order valence-corrected chi connectivity index (χ1v) is 7.60. The van der Waals surface area contributed by atoms with Crippen molar-refractivity contribution in [2.45, 2.75) is 24.9 Å². The molecule has 0 fully saturated rings. The summed E-state index contributed by atoms with van der Waals surface area (Å²) < 4.78 is 0. The van der Waals surface area contributed by atoms with Crippen LogP contribution < -0.4 is 5.32 Å². The van der Waals surface area contributed by atoms with Crippen LogP contribution in [0.25, 0.3) is 0 Å². The van der Waals surface area contributed by atoms with E-state index in [0.29, 0.717) is 12.1 Å². The molecule has 0 spiro atoms. The molecule has 4 nitrogen and oxygen atoms in total. The molecule has 1 heterocycles. The SMILES string of the molecule is O=C(NCC1(O)CCCc2ccccc21)c1cscn1. The van der Waals surface area contributed by atoms with Crippen LogP contribution in [0, 0.1) is 0 Å². The van der Waals surface area contributed by atoms with E-state index in [2.05, 4.69) is 10.3 Å². The summed E-state index contributed by atoms with van der Waals surface area (Å²) in [6.07, 6.45) is 2.58.